The average molecular weight is 359 g/mol. The van der Waals surface area contributed by atoms with Crippen LogP contribution in [0, 0.1) is 0 Å². The molecular weight excluding hydrogens is 334 g/mol. The monoisotopic (exact) mass is 359 g/mol. The van der Waals surface area contributed by atoms with Gasteiger partial charge in [0, 0.05) is 11.3 Å². The normalized spacial score (nSPS) is 11.6. The van der Waals surface area contributed by atoms with Gasteiger partial charge in [-0.1, -0.05) is 62.4 Å². The number of ether oxygens (including phenoxy) is 1. The molecule has 0 saturated heterocycles. The number of benzene rings is 3. The van der Waals surface area contributed by atoms with Crippen molar-refractivity contribution in [3.05, 3.63) is 95.6 Å². The van der Waals surface area contributed by atoms with Gasteiger partial charge in [-0.2, -0.15) is 0 Å². The molecule has 3 rings (SSSR count). The SMILES string of the molecule is CC[C@H](C)c1ccccc1NC(=O)c1ccc(OCc2ccccc2)cc1. The second-order valence-corrected chi connectivity index (χ2v) is 6.65. The summed E-state index contributed by atoms with van der Waals surface area (Å²) in [4.78, 5) is 12.6. The van der Waals surface area contributed by atoms with Crippen LogP contribution in [0.25, 0.3) is 0 Å². The number of hydrogen-bond acceptors (Lipinski definition) is 2. The highest BCUT2D eigenvalue weighted by Crippen LogP contribution is 2.27. The first kappa shape index (κ1) is 18.7. The zero-order chi connectivity index (χ0) is 19.1. The third-order valence-corrected chi connectivity index (χ3v) is 4.72. The lowest BCUT2D eigenvalue weighted by atomic mass is 9.97. The summed E-state index contributed by atoms with van der Waals surface area (Å²) in [5.41, 5.74) is 3.76. The van der Waals surface area contributed by atoms with E-state index >= 15 is 0 Å². The molecule has 1 amide bonds. The molecule has 1 atom stereocenters. The summed E-state index contributed by atoms with van der Waals surface area (Å²) >= 11 is 0. The van der Waals surface area contributed by atoms with Crippen LogP contribution in [0.4, 0.5) is 5.69 Å². The second-order valence-electron chi connectivity index (χ2n) is 6.65. The van der Waals surface area contributed by atoms with Gasteiger partial charge in [0.1, 0.15) is 12.4 Å². The molecule has 3 heteroatoms. The van der Waals surface area contributed by atoms with E-state index in [0.717, 1.165) is 29.0 Å². The minimum atomic E-state index is -0.111. The van der Waals surface area contributed by atoms with E-state index in [0.29, 0.717) is 18.1 Å². The molecule has 3 aromatic carbocycles. The van der Waals surface area contributed by atoms with Gasteiger partial charge in [0.25, 0.3) is 5.91 Å². The summed E-state index contributed by atoms with van der Waals surface area (Å²) in [7, 11) is 0. The van der Waals surface area contributed by atoms with Gasteiger partial charge in [-0.3, -0.25) is 4.79 Å². The zero-order valence-corrected chi connectivity index (χ0v) is 15.8. The summed E-state index contributed by atoms with van der Waals surface area (Å²) in [6.45, 7) is 4.83. The molecule has 0 aromatic heterocycles. The molecule has 3 nitrogen and oxygen atoms in total. The van der Waals surface area contributed by atoms with Gasteiger partial charge in [-0.05, 0) is 53.8 Å². The molecule has 0 unspecified atom stereocenters. The zero-order valence-electron chi connectivity index (χ0n) is 15.8. The van der Waals surface area contributed by atoms with Crippen LogP contribution in [0.1, 0.15) is 47.7 Å². The van der Waals surface area contributed by atoms with Crippen molar-refractivity contribution < 1.29 is 9.53 Å². The molecule has 0 aliphatic rings. The maximum atomic E-state index is 12.6. The van der Waals surface area contributed by atoms with Crippen molar-refractivity contribution in [2.75, 3.05) is 5.32 Å². The van der Waals surface area contributed by atoms with Gasteiger partial charge in [0.2, 0.25) is 0 Å². The largest absolute Gasteiger partial charge is 0.489 e. The van der Waals surface area contributed by atoms with E-state index in [-0.39, 0.29) is 5.91 Å². The topological polar surface area (TPSA) is 38.3 Å². The Morgan fingerprint density at radius 3 is 2.30 bits per heavy atom. The first-order valence-corrected chi connectivity index (χ1v) is 9.34. The molecule has 0 aliphatic heterocycles. The quantitative estimate of drug-likeness (QED) is 0.559. The highest BCUT2D eigenvalue weighted by atomic mass is 16.5. The highest BCUT2D eigenvalue weighted by Gasteiger charge is 2.12. The van der Waals surface area contributed by atoms with E-state index in [2.05, 4.69) is 25.2 Å². The molecule has 0 heterocycles. The molecule has 138 valence electrons. The number of carbonyl (C=O) groups is 1. The lowest BCUT2D eigenvalue weighted by Gasteiger charge is -2.15. The summed E-state index contributed by atoms with van der Waals surface area (Å²) in [5, 5.41) is 3.04. The van der Waals surface area contributed by atoms with Crippen molar-refractivity contribution in [3.63, 3.8) is 0 Å². The predicted molar refractivity (Wildman–Crippen MR) is 110 cm³/mol. The fourth-order valence-corrected chi connectivity index (χ4v) is 2.90. The van der Waals surface area contributed by atoms with Crippen LogP contribution in [0.3, 0.4) is 0 Å². The van der Waals surface area contributed by atoms with Gasteiger partial charge in [0.15, 0.2) is 0 Å². The first-order chi connectivity index (χ1) is 13.2. The Labute approximate surface area is 161 Å². The Kier molecular flexibility index (Phi) is 6.26. The van der Waals surface area contributed by atoms with E-state index in [1.54, 1.807) is 12.1 Å². The van der Waals surface area contributed by atoms with Gasteiger partial charge >= 0.3 is 0 Å². The molecule has 27 heavy (non-hydrogen) atoms. The van der Waals surface area contributed by atoms with E-state index in [4.69, 9.17) is 4.74 Å². The van der Waals surface area contributed by atoms with Gasteiger partial charge in [0.05, 0.1) is 0 Å². The van der Waals surface area contributed by atoms with Crippen molar-refractivity contribution in [3.8, 4) is 5.75 Å². The molecular formula is C24H25NO2. The van der Waals surface area contributed by atoms with E-state index in [1.165, 1.54) is 0 Å². The van der Waals surface area contributed by atoms with Crippen LogP contribution >= 0.6 is 0 Å². The minimum absolute atomic E-state index is 0.111. The fourth-order valence-electron chi connectivity index (χ4n) is 2.90. The first-order valence-electron chi connectivity index (χ1n) is 9.34. The van der Waals surface area contributed by atoms with E-state index in [1.807, 2.05) is 60.7 Å². The fraction of sp³-hybridized carbons (Fsp3) is 0.208. The second kappa shape index (κ2) is 9.04. The third-order valence-electron chi connectivity index (χ3n) is 4.72. The van der Waals surface area contributed by atoms with Crippen molar-refractivity contribution in [1.82, 2.24) is 0 Å². The molecule has 0 radical (unpaired) electrons. The van der Waals surface area contributed by atoms with Crippen molar-refractivity contribution in [1.29, 1.82) is 0 Å². The van der Waals surface area contributed by atoms with Crippen LogP contribution in [-0.2, 0) is 6.61 Å². The number of hydrogen-bond donors (Lipinski definition) is 1. The summed E-state index contributed by atoms with van der Waals surface area (Å²) in [6.07, 6.45) is 1.03. The maximum Gasteiger partial charge on any atom is 0.255 e. The predicted octanol–water partition coefficient (Wildman–Crippen LogP) is 6.03. The summed E-state index contributed by atoms with van der Waals surface area (Å²) in [5.74, 6) is 1.03. The molecule has 1 N–H and O–H groups in total. The number of nitrogens with one attached hydrogen (secondary N) is 1. The van der Waals surface area contributed by atoms with Crippen molar-refractivity contribution in [2.24, 2.45) is 0 Å². The third kappa shape index (κ3) is 4.98. The van der Waals surface area contributed by atoms with Gasteiger partial charge < -0.3 is 10.1 Å². The molecule has 0 spiro atoms. The van der Waals surface area contributed by atoms with Crippen LogP contribution in [0.5, 0.6) is 5.75 Å². The Balaban J connectivity index is 1.64. The molecule has 0 bridgehead atoms. The maximum absolute atomic E-state index is 12.6. The van der Waals surface area contributed by atoms with Crippen LogP contribution in [0.2, 0.25) is 0 Å². The Bertz CT molecular complexity index is 872. The minimum Gasteiger partial charge on any atom is -0.489 e. The van der Waals surface area contributed by atoms with Crippen LogP contribution in [0.15, 0.2) is 78.9 Å². The van der Waals surface area contributed by atoms with Crippen LogP contribution < -0.4 is 10.1 Å². The van der Waals surface area contributed by atoms with Crippen molar-refractivity contribution >= 4 is 11.6 Å². The molecule has 0 fully saturated rings. The Hall–Kier alpha value is -3.07. The lowest BCUT2D eigenvalue weighted by Crippen LogP contribution is -2.13. The average Bonchev–Trinajstić information content (AvgIpc) is 2.73. The Morgan fingerprint density at radius 1 is 0.926 bits per heavy atom. The van der Waals surface area contributed by atoms with Gasteiger partial charge in [-0.15, -0.1) is 0 Å². The number of rotatable bonds is 7. The number of para-hydroxylation sites is 1. The smallest absolute Gasteiger partial charge is 0.255 e. The molecule has 0 saturated carbocycles. The number of carbonyl (C=O) groups excluding carboxylic acids is 1. The van der Waals surface area contributed by atoms with Crippen molar-refractivity contribution in [2.45, 2.75) is 32.8 Å². The molecule has 0 aliphatic carbocycles. The number of amides is 1. The molecule has 3 aromatic rings. The van der Waals surface area contributed by atoms with E-state index in [9.17, 15) is 4.79 Å². The van der Waals surface area contributed by atoms with Gasteiger partial charge in [-0.25, -0.2) is 0 Å². The van der Waals surface area contributed by atoms with E-state index < -0.39 is 0 Å². The Morgan fingerprint density at radius 2 is 1.59 bits per heavy atom. The number of anilines is 1. The highest BCUT2D eigenvalue weighted by molar-refractivity contribution is 6.04. The van der Waals surface area contributed by atoms with Crippen LogP contribution in [-0.4, -0.2) is 5.91 Å². The standard InChI is InChI=1S/C24H25NO2/c1-3-18(2)22-11-7-8-12-23(22)25-24(26)20-13-15-21(16-14-20)27-17-19-9-5-4-6-10-19/h4-16,18H,3,17H2,1-2H3,(H,25,26)/t18-/m0/s1. The summed E-state index contributed by atoms with van der Waals surface area (Å²) < 4.78 is 5.78. The lowest BCUT2D eigenvalue weighted by molar-refractivity contribution is 0.102. The summed E-state index contributed by atoms with van der Waals surface area (Å²) in [6, 6.07) is 25.2.